The first-order valence-electron chi connectivity index (χ1n) is 11.6. The first-order chi connectivity index (χ1) is 18.3. The molecule has 38 heavy (non-hydrogen) atoms. The van der Waals surface area contributed by atoms with Gasteiger partial charge in [0.15, 0.2) is 0 Å². The van der Waals surface area contributed by atoms with Crippen LogP contribution in [0.2, 0.25) is 0 Å². The fourth-order valence-electron chi connectivity index (χ4n) is 3.52. The van der Waals surface area contributed by atoms with Gasteiger partial charge >= 0.3 is 6.03 Å². The highest BCUT2D eigenvalue weighted by molar-refractivity contribution is 7.92. The van der Waals surface area contributed by atoms with Gasteiger partial charge in [-0.25, -0.2) is 17.6 Å². The molecule has 0 unspecified atom stereocenters. The lowest BCUT2D eigenvalue weighted by Crippen LogP contribution is -2.19. The van der Waals surface area contributed by atoms with Gasteiger partial charge < -0.3 is 20.1 Å². The van der Waals surface area contributed by atoms with Crippen molar-refractivity contribution in [2.45, 2.75) is 4.90 Å². The second-order valence-electron chi connectivity index (χ2n) is 8.17. The van der Waals surface area contributed by atoms with Crippen molar-refractivity contribution in [1.29, 1.82) is 0 Å². The number of hydrogen-bond donors (Lipinski definition) is 3. The Balaban J connectivity index is 1.37. The molecule has 2 amide bonds. The second kappa shape index (κ2) is 12.2. The van der Waals surface area contributed by atoms with Crippen LogP contribution in [0.15, 0.2) is 102 Å². The second-order valence-corrected chi connectivity index (χ2v) is 9.85. The summed E-state index contributed by atoms with van der Waals surface area (Å²) in [4.78, 5) is 12.5. The first kappa shape index (κ1) is 26.6. The zero-order valence-electron chi connectivity index (χ0n) is 20.5. The SMILES string of the molecule is COCCOc1cccc(NC(=O)Nc2ccc(NS(=O)(=O)c3cccc(-c4ccc(F)cc4)c3)cc2)c1. The van der Waals surface area contributed by atoms with Crippen molar-refractivity contribution in [2.75, 3.05) is 35.7 Å². The molecular weight excluding hydrogens is 509 g/mol. The van der Waals surface area contributed by atoms with E-state index in [2.05, 4.69) is 15.4 Å². The predicted octanol–water partition coefficient (Wildman–Crippen LogP) is 5.96. The van der Waals surface area contributed by atoms with Gasteiger partial charge in [-0.15, -0.1) is 0 Å². The number of ether oxygens (including phenoxy) is 2. The van der Waals surface area contributed by atoms with Gasteiger partial charge in [0.25, 0.3) is 10.0 Å². The van der Waals surface area contributed by atoms with E-state index in [4.69, 9.17) is 9.47 Å². The van der Waals surface area contributed by atoms with Crippen LogP contribution in [-0.2, 0) is 14.8 Å². The van der Waals surface area contributed by atoms with Crippen LogP contribution in [0.25, 0.3) is 11.1 Å². The largest absolute Gasteiger partial charge is 0.491 e. The van der Waals surface area contributed by atoms with Gasteiger partial charge in [-0.3, -0.25) is 4.72 Å². The Morgan fingerprint density at radius 1 is 0.763 bits per heavy atom. The number of sulfonamides is 1. The molecule has 0 atom stereocenters. The maximum Gasteiger partial charge on any atom is 0.323 e. The normalized spacial score (nSPS) is 11.0. The van der Waals surface area contributed by atoms with Crippen molar-refractivity contribution in [1.82, 2.24) is 0 Å². The monoisotopic (exact) mass is 535 g/mol. The molecule has 4 aromatic rings. The van der Waals surface area contributed by atoms with Gasteiger partial charge in [0, 0.05) is 30.2 Å². The maximum atomic E-state index is 13.2. The minimum Gasteiger partial charge on any atom is -0.491 e. The molecule has 8 nitrogen and oxygen atoms in total. The molecule has 10 heteroatoms. The third-order valence-corrected chi connectivity index (χ3v) is 6.74. The van der Waals surface area contributed by atoms with Gasteiger partial charge in [-0.05, 0) is 71.8 Å². The summed E-state index contributed by atoms with van der Waals surface area (Å²) in [6, 6.07) is 24.9. The molecular formula is C28H26FN3O5S. The van der Waals surface area contributed by atoms with Crippen molar-refractivity contribution in [3.63, 3.8) is 0 Å². The summed E-state index contributed by atoms with van der Waals surface area (Å²) in [6.45, 7) is 0.842. The summed E-state index contributed by atoms with van der Waals surface area (Å²) in [6.07, 6.45) is 0. The number of halogens is 1. The zero-order valence-corrected chi connectivity index (χ0v) is 21.3. The van der Waals surface area contributed by atoms with Crippen LogP contribution in [0, 0.1) is 5.82 Å². The van der Waals surface area contributed by atoms with Crippen LogP contribution in [0.3, 0.4) is 0 Å². The molecule has 196 valence electrons. The highest BCUT2D eigenvalue weighted by Gasteiger charge is 2.15. The topological polar surface area (TPSA) is 106 Å². The molecule has 0 aliphatic carbocycles. The van der Waals surface area contributed by atoms with Gasteiger partial charge in [0.05, 0.1) is 11.5 Å². The lowest BCUT2D eigenvalue weighted by atomic mass is 10.1. The number of rotatable bonds is 10. The lowest BCUT2D eigenvalue weighted by molar-refractivity contribution is 0.146. The number of carbonyl (C=O) groups excluding carboxylic acids is 1. The standard InChI is InChI=1S/C28H26FN3O5S/c1-36-16-17-37-26-6-3-5-25(19-26)31-28(33)30-23-12-14-24(15-13-23)32-38(34,35)27-7-2-4-21(18-27)20-8-10-22(29)11-9-20/h2-15,18-19,32H,16-17H2,1H3,(H2,30,31,33). The maximum absolute atomic E-state index is 13.2. The Bertz CT molecular complexity index is 1490. The van der Waals surface area contributed by atoms with E-state index in [9.17, 15) is 17.6 Å². The van der Waals surface area contributed by atoms with E-state index in [0.29, 0.717) is 47.2 Å². The molecule has 0 saturated heterocycles. The van der Waals surface area contributed by atoms with Crippen molar-refractivity contribution in [3.8, 4) is 16.9 Å². The van der Waals surface area contributed by atoms with Crippen LogP contribution in [0.1, 0.15) is 0 Å². The number of methoxy groups -OCH3 is 1. The van der Waals surface area contributed by atoms with E-state index in [1.54, 1.807) is 79.9 Å². The molecule has 0 heterocycles. The fraction of sp³-hybridized carbons (Fsp3) is 0.107. The number of nitrogens with one attached hydrogen (secondary N) is 3. The molecule has 0 fully saturated rings. The van der Waals surface area contributed by atoms with Crippen LogP contribution in [-0.4, -0.2) is 34.8 Å². The molecule has 0 radical (unpaired) electrons. The summed E-state index contributed by atoms with van der Waals surface area (Å²) in [5.41, 5.74) is 2.68. The summed E-state index contributed by atoms with van der Waals surface area (Å²) >= 11 is 0. The van der Waals surface area contributed by atoms with E-state index < -0.39 is 16.1 Å². The van der Waals surface area contributed by atoms with Crippen LogP contribution >= 0.6 is 0 Å². The first-order valence-corrected chi connectivity index (χ1v) is 13.1. The summed E-state index contributed by atoms with van der Waals surface area (Å²) in [5.74, 6) is 0.229. The molecule has 0 aromatic heterocycles. The fourth-order valence-corrected chi connectivity index (χ4v) is 4.62. The average Bonchev–Trinajstić information content (AvgIpc) is 2.90. The van der Waals surface area contributed by atoms with Gasteiger partial charge in [-0.1, -0.05) is 30.3 Å². The molecule has 0 aliphatic heterocycles. The number of hydrogen-bond acceptors (Lipinski definition) is 5. The third kappa shape index (κ3) is 7.31. The highest BCUT2D eigenvalue weighted by atomic mass is 32.2. The molecule has 0 aliphatic rings. The van der Waals surface area contributed by atoms with Crippen LogP contribution < -0.4 is 20.1 Å². The number of amides is 2. The average molecular weight is 536 g/mol. The number of urea groups is 1. The molecule has 3 N–H and O–H groups in total. The minimum atomic E-state index is -3.88. The Hall–Kier alpha value is -4.41. The lowest BCUT2D eigenvalue weighted by Gasteiger charge is -2.12. The van der Waals surface area contributed by atoms with Crippen LogP contribution in [0.5, 0.6) is 5.75 Å². The Morgan fingerprint density at radius 2 is 1.45 bits per heavy atom. The van der Waals surface area contributed by atoms with Gasteiger partial charge in [0.2, 0.25) is 0 Å². The minimum absolute atomic E-state index is 0.0642. The molecule has 0 bridgehead atoms. The summed E-state index contributed by atoms with van der Waals surface area (Å²) in [7, 11) is -2.30. The number of carbonyl (C=O) groups is 1. The summed E-state index contributed by atoms with van der Waals surface area (Å²) < 4.78 is 52.1. The van der Waals surface area contributed by atoms with Crippen molar-refractivity contribution < 1.29 is 27.1 Å². The highest BCUT2D eigenvalue weighted by Crippen LogP contribution is 2.25. The third-order valence-electron chi connectivity index (χ3n) is 5.36. The molecule has 4 aromatic carbocycles. The van der Waals surface area contributed by atoms with Crippen molar-refractivity contribution >= 4 is 33.1 Å². The van der Waals surface area contributed by atoms with E-state index in [-0.39, 0.29) is 10.7 Å². The van der Waals surface area contributed by atoms with Crippen molar-refractivity contribution in [3.05, 3.63) is 103 Å². The smallest absolute Gasteiger partial charge is 0.323 e. The zero-order chi connectivity index (χ0) is 27.0. The number of benzene rings is 4. The van der Waals surface area contributed by atoms with Crippen molar-refractivity contribution in [2.24, 2.45) is 0 Å². The quantitative estimate of drug-likeness (QED) is 0.217. The summed E-state index contributed by atoms with van der Waals surface area (Å²) in [5, 5.41) is 5.42. The Kier molecular flexibility index (Phi) is 8.57. The van der Waals surface area contributed by atoms with E-state index in [1.165, 1.54) is 24.3 Å². The molecule has 4 rings (SSSR count). The molecule has 0 spiro atoms. The predicted molar refractivity (Wildman–Crippen MR) is 146 cm³/mol. The molecule has 0 saturated carbocycles. The Labute approximate surface area is 220 Å². The van der Waals surface area contributed by atoms with Gasteiger partial charge in [0.1, 0.15) is 18.2 Å². The van der Waals surface area contributed by atoms with Gasteiger partial charge in [-0.2, -0.15) is 0 Å². The van der Waals surface area contributed by atoms with Crippen LogP contribution in [0.4, 0.5) is 26.2 Å². The van der Waals surface area contributed by atoms with E-state index >= 15 is 0 Å². The number of anilines is 3. The van der Waals surface area contributed by atoms with E-state index in [0.717, 1.165) is 0 Å². The Morgan fingerprint density at radius 3 is 2.18 bits per heavy atom. The van der Waals surface area contributed by atoms with E-state index in [1.807, 2.05) is 0 Å².